The van der Waals surface area contributed by atoms with Crippen LogP contribution in [0.4, 0.5) is 0 Å². The molecule has 0 saturated heterocycles. The molecule has 0 fully saturated rings. The monoisotopic (exact) mass is 373 g/mol. The molecule has 1 aromatic carbocycles. The zero-order valence-corrected chi connectivity index (χ0v) is 14.5. The molecule has 0 aliphatic heterocycles. The van der Waals surface area contributed by atoms with Gasteiger partial charge in [0.25, 0.3) is 0 Å². The highest BCUT2D eigenvalue weighted by Crippen LogP contribution is 2.21. The van der Waals surface area contributed by atoms with E-state index in [1.165, 1.54) is 11.1 Å². The number of rotatable bonds is 5. The number of nitrogens with one attached hydrogen (secondary N) is 1. The highest BCUT2D eigenvalue weighted by molar-refractivity contribution is 9.10. The third-order valence-corrected chi connectivity index (χ3v) is 5.84. The molecular formula is C14H16BrNO2S2. The molecule has 0 spiro atoms. The Morgan fingerprint density at radius 2 is 1.95 bits per heavy atom. The molecule has 2 aromatic rings. The van der Waals surface area contributed by atoms with Crippen molar-refractivity contribution in [2.24, 2.45) is 0 Å². The van der Waals surface area contributed by atoms with Gasteiger partial charge in [-0.1, -0.05) is 12.1 Å². The number of benzene rings is 1. The zero-order chi connectivity index (χ0) is 14.8. The first-order valence-corrected chi connectivity index (χ1v) is 9.69. The minimum atomic E-state index is -3.12. The predicted octanol–water partition coefficient (Wildman–Crippen LogP) is 3.76. The second-order valence-corrected chi connectivity index (χ2v) is 8.60. The van der Waals surface area contributed by atoms with Gasteiger partial charge in [0.05, 0.1) is 4.90 Å². The van der Waals surface area contributed by atoms with E-state index >= 15 is 0 Å². The maximum absolute atomic E-state index is 11.4. The summed E-state index contributed by atoms with van der Waals surface area (Å²) in [6.07, 6.45) is 1.22. The van der Waals surface area contributed by atoms with E-state index in [-0.39, 0.29) is 6.04 Å². The van der Waals surface area contributed by atoms with E-state index in [0.29, 0.717) is 4.90 Å². The van der Waals surface area contributed by atoms with Crippen molar-refractivity contribution in [3.05, 3.63) is 50.6 Å². The van der Waals surface area contributed by atoms with Crippen LogP contribution in [0.25, 0.3) is 0 Å². The molecule has 0 saturated carbocycles. The van der Waals surface area contributed by atoms with Gasteiger partial charge in [0, 0.05) is 33.6 Å². The van der Waals surface area contributed by atoms with E-state index in [2.05, 4.69) is 39.6 Å². The van der Waals surface area contributed by atoms with Crippen molar-refractivity contribution >= 4 is 37.1 Å². The zero-order valence-electron chi connectivity index (χ0n) is 11.3. The van der Waals surface area contributed by atoms with Crippen LogP contribution in [0.1, 0.15) is 23.4 Å². The summed E-state index contributed by atoms with van der Waals surface area (Å²) in [4.78, 5) is 1.62. The highest BCUT2D eigenvalue weighted by Gasteiger charge is 2.09. The Bertz CT molecular complexity index is 677. The molecule has 108 valence electrons. The predicted molar refractivity (Wildman–Crippen MR) is 86.8 cm³/mol. The smallest absolute Gasteiger partial charge is 0.175 e. The van der Waals surface area contributed by atoms with Gasteiger partial charge in [-0.05, 0) is 46.6 Å². The lowest BCUT2D eigenvalue weighted by atomic mass is 10.1. The Labute approximate surface area is 132 Å². The Morgan fingerprint density at radius 3 is 2.45 bits per heavy atom. The van der Waals surface area contributed by atoms with Crippen LogP contribution in [-0.2, 0) is 16.4 Å². The Hall–Kier alpha value is -0.690. The van der Waals surface area contributed by atoms with Gasteiger partial charge in [-0.2, -0.15) is 0 Å². The maximum Gasteiger partial charge on any atom is 0.175 e. The molecule has 1 N–H and O–H groups in total. The fourth-order valence-electron chi connectivity index (χ4n) is 1.82. The van der Waals surface area contributed by atoms with Gasteiger partial charge in [0.15, 0.2) is 9.84 Å². The summed E-state index contributed by atoms with van der Waals surface area (Å²) >= 11 is 5.14. The number of hydrogen-bond donors (Lipinski definition) is 1. The summed E-state index contributed by atoms with van der Waals surface area (Å²) in [5.74, 6) is 0. The molecule has 0 amide bonds. The summed E-state index contributed by atoms with van der Waals surface area (Å²) < 4.78 is 23.9. The topological polar surface area (TPSA) is 46.2 Å². The van der Waals surface area contributed by atoms with Crippen LogP contribution >= 0.6 is 27.3 Å². The van der Waals surface area contributed by atoms with Crippen LogP contribution in [0.5, 0.6) is 0 Å². The molecule has 20 heavy (non-hydrogen) atoms. The van der Waals surface area contributed by atoms with Gasteiger partial charge in [-0.25, -0.2) is 8.42 Å². The summed E-state index contributed by atoms with van der Waals surface area (Å²) in [6, 6.07) is 9.30. The van der Waals surface area contributed by atoms with Crippen molar-refractivity contribution in [1.82, 2.24) is 5.32 Å². The molecule has 1 atom stereocenters. The normalized spacial score (nSPS) is 13.3. The number of thiophene rings is 1. The maximum atomic E-state index is 11.4. The molecule has 0 aliphatic rings. The molecule has 6 heteroatoms. The quantitative estimate of drug-likeness (QED) is 0.867. The molecule has 1 aromatic heterocycles. The van der Waals surface area contributed by atoms with Crippen LogP contribution in [0, 0.1) is 0 Å². The first-order chi connectivity index (χ1) is 9.36. The summed E-state index contributed by atoms with van der Waals surface area (Å²) in [6.45, 7) is 2.86. The van der Waals surface area contributed by atoms with Crippen molar-refractivity contribution in [3.63, 3.8) is 0 Å². The third kappa shape index (κ3) is 4.15. The first-order valence-electron chi connectivity index (χ1n) is 6.12. The SMILES string of the molecule is CC(NCc1cc(Br)cs1)c1ccc(S(C)(=O)=O)cc1. The van der Waals surface area contributed by atoms with E-state index in [1.54, 1.807) is 23.5 Å². The van der Waals surface area contributed by atoms with Gasteiger partial charge in [-0.15, -0.1) is 11.3 Å². The molecular weight excluding hydrogens is 358 g/mol. The van der Waals surface area contributed by atoms with Crippen molar-refractivity contribution in [1.29, 1.82) is 0 Å². The second kappa shape index (κ2) is 6.39. The number of sulfone groups is 1. The molecule has 0 bridgehead atoms. The van der Waals surface area contributed by atoms with Gasteiger partial charge in [0.1, 0.15) is 0 Å². The standard InChI is InChI=1S/C14H16BrNO2S2/c1-10(16-8-13-7-12(15)9-19-13)11-3-5-14(6-4-11)20(2,17)18/h3-7,9-10,16H,8H2,1-2H3. The average Bonchev–Trinajstić information content (AvgIpc) is 2.81. The second-order valence-electron chi connectivity index (χ2n) is 4.68. The largest absolute Gasteiger partial charge is 0.305 e. The van der Waals surface area contributed by atoms with E-state index in [1.807, 2.05) is 12.1 Å². The summed E-state index contributed by atoms with van der Waals surface area (Å²) in [5, 5.41) is 5.48. The van der Waals surface area contributed by atoms with Gasteiger partial charge in [0.2, 0.25) is 0 Å². The van der Waals surface area contributed by atoms with Crippen LogP contribution in [0.2, 0.25) is 0 Å². The number of halogens is 1. The van der Waals surface area contributed by atoms with Crippen molar-refractivity contribution < 1.29 is 8.42 Å². The molecule has 0 radical (unpaired) electrons. The third-order valence-electron chi connectivity index (χ3n) is 3.01. The van der Waals surface area contributed by atoms with Crippen LogP contribution < -0.4 is 5.32 Å². The van der Waals surface area contributed by atoms with E-state index in [4.69, 9.17) is 0 Å². The van der Waals surface area contributed by atoms with Crippen LogP contribution in [0.15, 0.2) is 45.1 Å². The van der Waals surface area contributed by atoms with E-state index in [9.17, 15) is 8.42 Å². The summed E-state index contributed by atoms with van der Waals surface area (Å²) in [7, 11) is -3.12. The molecule has 1 heterocycles. The molecule has 3 nitrogen and oxygen atoms in total. The molecule has 2 rings (SSSR count). The van der Waals surface area contributed by atoms with Gasteiger partial charge < -0.3 is 5.32 Å². The fourth-order valence-corrected chi connectivity index (χ4v) is 3.85. The highest BCUT2D eigenvalue weighted by atomic mass is 79.9. The van der Waals surface area contributed by atoms with Gasteiger partial charge >= 0.3 is 0 Å². The van der Waals surface area contributed by atoms with Crippen LogP contribution in [-0.4, -0.2) is 14.7 Å². The Morgan fingerprint density at radius 1 is 1.30 bits per heavy atom. The van der Waals surface area contributed by atoms with E-state index in [0.717, 1.165) is 16.6 Å². The lowest BCUT2D eigenvalue weighted by molar-refractivity contribution is 0.578. The minimum Gasteiger partial charge on any atom is -0.305 e. The molecule has 1 unspecified atom stereocenters. The van der Waals surface area contributed by atoms with Crippen LogP contribution in [0.3, 0.4) is 0 Å². The number of hydrogen-bond acceptors (Lipinski definition) is 4. The van der Waals surface area contributed by atoms with Crippen molar-refractivity contribution in [2.75, 3.05) is 6.26 Å². The Balaban J connectivity index is 2.00. The average molecular weight is 374 g/mol. The minimum absolute atomic E-state index is 0.171. The molecule has 0 aliphatic carbocycles. The lowest BCUT2D eigenvalue weighted by Gasteiger charge is -2.14. The van der Waals surface area contributed by atoms with Gasteiger partial charge in [-0.3, -0.25) is 0 Å². The summed E-state index contributed by atoms with van der Waals surface area (Å²) in [5.41, 5.74) is 1.08. The van der Waals surface area contributed by atoms with E-state index < -0.39 is 9.84 Å². The fraction of sp³-hybridized carbons (Fsp3) is 0.286. The Kier molecular flexibility index (Phi) is 5.01. The van der Waals surface area contributed by atoms with Crippen molar-refractivity contribution in [3.8, 4) is 0 Å². The lowest BCUT2D eigenvalue weighted by Crippen LogP contribution is -2.17. The first kappa shape index (κ1) is 15.7. The van der Waals surface area contributed by atoms with Crippen molar-refractivity contribution in [2.45, 2.75) is 24.4 Å².